The Morgan fingerprint density at radius 1 is 1.04 bits per heavy atom. The fraction of sp³-hybridized carbons (Fsp3) is 0.561. The van der Waals surface area contributed by atoms with Crippen molar-refractivity contribution in [2.24, 2.45) is 5.41 Å². The number of nitrogens with zero attached hydrogens (tertiary/aromatic N) is 7. The summed E-state index contributed by atoms with van der Waals surface area (Å²) in [4.78, 5) is 29.5. The lowest BCUT2D eigenvalue weighted by Gasteiger charge is -2.53. The van der Waals surface area contributed by atoms with E-state index in [4.69, 9.17) is 24.5 Å². The molecule has 4 aromatic rings. The highest BCUT2D eigenvalue weighted by molar-refractivity contribution is 6.03. The number of anilines is 1. The lowest BCUT2D eigenvalue weighted by Crippen LogP contribution is -2.62. The van der Waals surface area contributed by atoms with E-state index in [1.54, 1.807) is 6.08 Å². The monoisotopic (exact) mass is 709 g/mol. The number of carbonyl (C=O) groups excluding carboxylic acids is 1. The molecule has 1 atom stereocenters. The third-order valence-corrected chi connectivity index (χ3v) is 11.8. The summed E-state index contributed by atoms with van der Waals surface area (Å²) in [5.74, 6) is 1.33. The van der Waals surface area contributed by atoms with E-state index in [0.717, 1.165) is 111 Å². The van der Waals surface area contributed by atoms with Gasteiger partial charge in [-0.15, -0.1) is 0 Å². The first-order valence-corrected chi connectivity index (χ1v) is 19.1. The van der Waals surface area contributed by atoms with Gasteiger partial charge in [-0.3, -0.25) is 0 Å². The number of amides is 1. The Hall–Kier alpha value is -4.09. The molecule has 10 nitrogen and oxygen atoms in total. The van der Waals surface area contributed by atoms with E-state index in [2.05, 4.69) is 35.6 Å². The second-order valence-electron chi connectivity index (χ2n) is 16.7. The van der Waals surface area contributed by atoms with Crippen LogP contribution in [0.5, 0.6) is 0 Å². The van der Waals surface area contributed by atoms with Crippen LogP contribution in [0.2, 0.25) is 0 Å². The van der Waals surface area contributed by atoms with Gasteiger partial charge >= 0.3 is 6.09 Å². The van der Waals surface area contributed by atoms with Gasteiger partial charge in [0, 0.05) is 60.5 Å². The van der Waals surface area contributed by atoms with Crippen molar-refractivity contribution >= 4 is 39.8 Å². The number of likely N-dealkylation sites (tertiary alicyclic amines) is 2. The molecule has 0 saturated carbocycles. The maximum absolute atomic E-state index is 17.6. The maximum Gasteiger partial charge on any atom is 0.410 e. The van der Waals surface area contributed by atoms with Crippen molar-refractivity contribution < 1.29 is 18.7 Å². The van der Waals surface area contributed by atoms with Crippen LogP contribution in [0.1, 0.15) is 94.8 Å². The third-order valence-electron chi connectivity index (χ3n) is 11.8. The van der Waals surface area contributed by atoms with Gasteiger partial charge in [0.05, 0.1) is 11.7 Å². The predicted molar refractivity (Wildman–Crippen MR) is 203 cm³/mol. The number of rotatable bonds is 5. The molecule has 2 aromatic heterocycles. The highest BCUT2D eigenvalue weighted by atomic mass is 19.1. The quantitative estimate of drug-likeness (QED) is 0.206. The normalized spacial score (nSPS) is 21.5. The fourth-order valence-electron chi connectivity index (χ4n) is 8.79. The van der Waals surface area contributed by atoms with Crippen LogP contribution in [0.3, 0.4) is 0 Å². The molecular weight excluding hydrogens is 657 g/mol. The van der Waals surface area contributed by atoms with E-state index in [1.807, 2.05) is 49.5 Å². The van der Waals surface area contributed by atoms with Crippen LogP contribution in [-0.2, 0) is 9.47 Å². The van der Waals surface area contributed by atoms with Crippen LogP contribution in [0.25, 0.3) is 39.0 Å². The van der Waals surface area contributed by atoms with Crippen LogP contribution in [0, 0.1) is 18.2 Å². The zero-order valence-electron chi connectivity index (χ0n) is 31.4. The lowest BCUT2D eigenvalue weighted by molar-refractivity contribution is -0.0434. The molecule has 1 amide bonds. The molecule has 6 heterocycles. The smallest absolute Gasteiger partial charge is 0.410 e. The summed E-state index contributed by atoms with van der Waals surface area (Å²) in [5, 5.41) is 6.39. The van der Waals surface area contributed by atoms with Crippen molar-refractivity contribution in [1.82, 2.24) is 29.5 Å². The molecule has 1 unspecified atom stereocenters. The summed E-state index contributed by atoms with van der Waals surface area (Å²) >= 11 is 0. The molecule has 11 heteroatoms. The Bertz CT molecular complexity index is 2010. The molecular formula is C41H52FN7O3. The van der Waals surface area contributed by atoms with Gasteiger partial charge in [0.2, 0.25) is 0 Å². The predicted octanol–water partition coefficient (Wildman–Crippen LogP) is 8.08. The molecule has 4 aliphatic heterocycles. The molecule has 1 spiro atoms. The van der Waals surface area contributed by atoms with Gasteiger partial charge in [-0.2, -0.15) is 5.10 Å². The summed E-state index contributed by atoms with van der Waals surface area (Å²) in [6.07, 6.45) is 10.0. The number of benzene rings is 2. The van der Waals surface area contributed by atoms with E-state index in [0.29, 0.717) is 35.1 Å². The molecule has 52 heavy (non-hydrogen) atoms. The highest BCUT2D eigenvalue weighted by Crippen LogP contribution is 2.45. The van der Waals surface area contributed by atoms with Gasteiger partial charge in [-0.25, -0.2) is 23.8 Å². The maximum atomic E-state index is 17.6. The van der Waals surface area contributed by atoms with Crippen LogP contribution >= 0.6 is 0 Å². The average molecular weight is 710 g/mol. The first kappa shape index (κ1) is 35.0. The molecule has 0 aliphatic carbocycles. The number of ether oxygens (including phenoxy) is 2. The zero-order chi connectivity index (χ0) is 36.4. The first-order valence-electron chi connectivity index (χ1n) is 19.1. The molecule has 2 aromatic carbocycles. The second-order valence-corrected chi connectivity index (χ2v) is 16.7. The standard InChI is InChI=1S/C41H52FN7O3/c1-7-27-22-29-36(35(42)34(27)33-26(2)11-12-31-30(33)23-43-49(31)32-10-8-9-21-51-32)44-37(28-13-17-46(6)18-14-28)45-38(29)47-19-15-41(16-20-47)24-48(25-41)39(50)52-40(3,4)5/h7,11-12,22-23,28,32H,1,8-10,13-21,24-25H2,2-6H3. The number of aromatic nitrogens is 4. The van der Waals surface area contributed by atoms with E-state index < -0.39 is 5.60 Å². The molecule has 0 bridgehead atoms. The molecule has 8 rings (SSSR count). The molecule has 4 saturated heterocycles. The van der Waals surface area contributed by atoms with E-state index in [9.17, 15) is 4.79 Å². The van der Waals surface area contributed by atoms with E-state index >= 15 is 4.39 Å². The fourth-order valence-corrected chi connectivity index (χ4v) is 8.79. The number of aryl methyl sites for hydroxylation is 1. The minimum atomic E-state index is -0.515. The Balaban J connectivity index is 1.18. The number of halogens is 1. The first-order chi connectivity index (χ1) is 24.9. The van der Waals surface area contributed by atoms with Crippen LogP contribution in [0.15, 0.2) is 31.0 Å². The molecule has 276 valence electrons. The minimum absolute atomic E-state index is 0.0705. The third kappa shape index (κ3) is 6.33. The summed E-state index contributed by atoms with van der Waals surface area (Å²) in [7, 11) is 2.14. The van der Waals surface area contributed by atoms with Gasteiger partial charge in [-0.05, 0) is 122 Å². The molecule has 0 radical (unpaired) electrons. The van der Waals surface area contributed by atoms with Gasteiger partial charge in [0.25, 0.3) is 0 Å². The van der Waals surface area contributed by atoms with Gasteiger partial charge < -0.3 is 24.2 Å². The zero-order valence-corrected chi connectivity index (χ0v) is 31.4. The molecule has 0 N–H and O–H groups in total. The van der Waals surface area contributed by atoms with Crippen molar-refractivity contribution in [2.75, 3.05) is 57.8 Å². The molecule has 4 fully saturated rings. The topological polar surface area (TPSA) is 88.9 Å². The summed E-state index contributed by atoms with van der Waals surface area (Å²) in [6, 6.07) is 6.17. The number of piperidine rings is 2. The molecule has 4 aliphatic rings. The SMILES string of the molecule is C=Cc1cc2c(N3CCC4(CC3)CN(C(=O)OC(C)(C)C)C4)nc(C3CCN(C)CC3)nc2c(F)c1-c1c(C)ccc2c1cnn2C1CCCCO1. The number of carbonyl (C=O) groups is 1. The van der Waals surface area contributed by atoms with Crippen molar-refractivity contribution in [3.05, 3.63) is 53.7 Å². The van der Waals surface area contributed by atoms with Gasteiger partial charge in [0.1, 0.15) is 22.8 Å². The number of hydrogen-bond donors (Lipinski definition) is 0. The summed E-state index contributed by atoms with van der Waals surface area (Å²) in [5.41, 5.74) is 3.84. The van der Waals surface area contributed by atoms with Crippen molar-refractivity contribution in [3.8, 4) is 11.1 Å². The van der Waals surface area contributed by atoms with E-state index in [-0.39, 0.29) is 29.5 Å². The van der Waals surface area contributed by atoms with Crippen molar-refractivity contribution in [1.29, 1.82) is 0 Å². The van der Waals surface area contributed by atoms with Crippen molar-refractivity contribution in [3.63, 3.8) is 0 Å². The Labute approximate surface area is 306 Å². The second kappa shape index (κ2) is 13.4. The summed E-state index contributed by atoms with van der Waals surface area (Å²) < 4.78 is 31.3. The largest absolute Gasteiger partial charge is 0.444 e. The Kier molecular flexibility index (Phi) is 9.01. The summed E-state index contributed by atoms with van der Waals surface area (Å²) in [6.45, 7) is 17.5. The number of hydrogen-bond acceptors (Lipinski definition) is 8. The lowest BCUT2D eigenvalue weighted by atomic mass is 9.72. The number of fused-ring (bicyclic) bond motifs is 2. The highest BCUT2D eigenvalue weighted by Gasteiger charge is 2.48. The van der Waals surface area contributed by atoms with Crippen LogP contribution in [-0.4, -0.2) is 94.2 Å². The Morgan fingerprint density at radius 2 is 1.79 bits per heavy atom. The van der Waals surface area contributed by atoms with Crippen LogP contribution < -0.4 is 4.90 Å². The average Bonchev–Trinajstić information content (AvgIpc) is 3.55. The minimum Gasteiger partial charge on any atom is -0.444 e. The van der Waals surface area contributed by atoms with Gasteiger partial charge in [0.15, 0.2) is 12.0 Å². The van der Waals surface area contributed by atoms with Crippen LogP contribution in [0.4, 0.5) is 15.0 Å². The van der Waals surface area contributed by atoms with Crippen molar-refractivity contribution in [2.45, 2.75) is 90.4 Å². The van der Waals surface area contributed by atoms with Gasteiger partial charge in [-0.1, -0.05) is 18.7 Å². The Morgan fingerprint density at radius 3 is 2.46 bits per heavy atom. The van der Waals surface area contributed by atoms with E-state index in [1.165, 1.54) is 0 Å².